The Labute approximate surface area is 212 Å². The lowest BCUT2D eigenvalue weighted by Crippen LogP contribution is -2.40. The quantitative estimate of drug-likeness (QED) is 0.560. The molecule has 3 heterocycles. The minimum atomic E-state index is -3.73. The van der Waals surface area contributed by atoms with E-state index in [2.05, 4.69) is 5.32 Å². The number of nitrogens with one attached hydrogen (secondary N) is 1. The number of amides is 1. The number of rotatable bonds is 7. The van der Waals surface area contributed by atoms with Crippen molar-refractivity contribution >= 4 is 21.7 Å². The zero-order chi connectivity index (χ0) is 26.1. The molecule has 36 heavy (non-hydrogen) atoms. The van der Waals surface area contributed by atoms with Gasteiger partial charge in [0.25, 0.3) is 5.91 Å². The van der Waals surface area contributed by atoms with E-state index in [4.69, 9.17) is 14.6 Å². The molecular formula is C26H35N3O6S. The maximum Gasteiger partial charge on any atom is 0.338 e. The molecule has 0 bridgehead atoms. The highest BCUT2D eigenvalue weighted by Crippen LogP contribution is 2.39. The first-order chi connectivity index (χ1) is 17.1. The molecule has 2 aliphatic rings. The maximum absolute atomic E-state index is 13.4. The lowest BCUT2D eigenvalue weighted by Gasteiger charge is -2.36. The summed E-state index contributed by atoms with van der Waals surface area (Å²) in [4.78, 5) is 26.0. The normalized spacial score (nSPS) is 17.5. The first-order valence-electron chi connectivity index (χ1n) is 12.7. The summed E-state index contributed by atoms with van der Waals surface area (Å²) in [5, 5.41) is 7.15. The topological polar surface area (TPSA) is 117 Å². The first-order valence-corrected chi connectivity index (χ1v) is 14.2. The smallest absolute Gasteiger partial charge is 0.338 e. The molecular weight excluding hydrogens is 482 g/mol. The number of aryl methyl sites for hydroxylation is 1. The van der Waals surface area contributed by atoms with Crippen LogP contribution in [0.25, 0.3) is 5.69 Å². The Morgan fingerprint density at radius 2 is 1.97 bits per heavy atom. The number of fused-ring (bicyclic) bond motifs is 1. The summed E-state index contributed by atoms with van der Waals surface area (Å²) in [5.41, 5.74) is 2.05. The highest BCUT2D eigenvalue weighted by Gasteiger charge is 2.40. The third kappa shape index (κ3) is 4.80. The van der Waals surface area contributed by atoms with Crippen LogP contribution >= 0.6 is 0 Å². The van der Waals surface area contributed by atoms with Crippen LogP contribution in [0, 0.1) is 5.41 Å². The second-order valence-corrected chi connectivity index (χ2v) is 12.4. The Hall–Kier alpha value is -2.72. The number of hydrogen-bond acceptors (Lipinski definition) is 7. The third-order valence-electron chi connectivity index (χ3n) is 7.12. The summed E-state index contributed by atoms with van der Waals surface area (Å²) >= 11 is 0. The Morgan fingerprint density at radius 3 is 2.61 bits per heavy atom. The molecule has 0 radical (unpaired) electrons. The minimum absolute atomic E-state index is 0.0724. The van der Waals surface area contributed by atoms with Crippen molar-refractivity contribution in [2.75, 3.05) is 26.4 Å². The molecule has 1 aromatic carbocycles. The standard InChI is InChI=1S/C26H35N3O6S/c1-5-11-35-25(31)18-7-8-22(36(32,33)17(3)4)20(14-18)29-21-15-26(9-12-34-13-10-26)16-27-24(30)23(21)19(6-2)28-29/h7-8,14,17H,5-6,9-13,15-16H2,1-4H3,(H,27,30). The Kier molecular flexibility index (Phi) is 7.56. The van der Waals surface area contributed by atoms with Crippen molar-refractivity contribution in [3.8, 4) is 5.69 Å². The predicted octanol–water partition coefficient (Wildman–Crippen LogP) is 3.27. The van der Waals surface area contributed by atoms with Gasteiger partial charge in [-0.3, -0.25) is 4.79 Å². The van der Waals surface area contributed by atoms with Crippen molar-refractivity contribution in [3.05, 3.63) is 40.7 Å². The van der Waals surface area contributed by atoms with Gasteiger partial charge in [0.2, 0.25) is 0 Å². The number of carbonyl (C=O) groups excluding carboxylic acids is 2. The molecule has 0 atom stereocenters. The highest BCUT2D eigenvalue weighted by atomic mass is 32.2. The number of ether oxygens (including phenoxy) is 2. The summed E-state index contributed by atoms with van der Waals surface area (Å²) in [6, 6.07) is 4.46. The molecule has 1 N–H and O–H groups in total. The van der Waals surface area contributed by atoms with E-state index in [1.807, 2.05) is 13.8 Å². The van der Waals surface area contributed by atoms with Crippen LogP contribution in [0.3, 0.4) is 0 Å². The average Bonchev–Trinajstić information content (AvgIpc) is 3.17. The Balaban J connectivity index is 1.95. The van der Waals surface area contributed by atoms with Gasteiger partial charge < -0.3 is 14.8 Å². The number of nitrogens with zero attached hydrogens (tertiary/aromatic N) is 2. The van der Waals surface area contributed by atoms with E-state index in [0.717, 1.165) is 12.8 Å². The van der Waals surface area contributed by atoms with Gasteiger partial charge in [-0.05, 0) is 69.6 Å². The van der Waals surface area contributed by atoms with Gasteiger partial charge in [0.15, 0.2) is 9.84 Å². The second-order valence-electron chi connectivity index (χ2n) is 9.92. The molecule has 10 heteroatoms. The van der Waals surface area contributed by atoms with E-state index in [1.54, 1.807) is 18.5 Å². The Bertz CT molecular complexity index is 1260. The van der Waals surface area contributed by atoms with Gasteiger partial charge in [0.05, 0.1) is 45.0 Å². The van der Waals surface area contributed by atoms with Crippen molar-refractivity contribution in [2.24, 2.45) is 5.41 Å². The molecule has 196 valence electrons. The SMILES string of the molecule is CCCOC(=O)c1ccc(S(=O)(=O)C(C)C)c(-n2nc(CC)c3c2CC2(CCOCC2)CNC3=O)c1. The van der Waals surface area contributed by atoms with Crippen LogP contribution in [0.1, 0.15) is 79.1 Å². The van der Waals surface area contributed by atoms with Crippen molar-refractivity contribution in [1.29, 1.82) is 0 Å². The number of aromatic nitrogens is 2. The van der Waals surface area contributed by atoms with Crippen LogP contribution in [-0.4, -0.2) is 61.7 Å². The number of esters is 1. The lowest BCUT2D eigenvalue weighted by atomic mass is 9.76. The van der Waals surface area contributed by atoms with Gasteiger partial charge in [-0.25, -0.2) is 17.9 Å². The van der Waals surface area contributed by atoms with Crippen molar-refractivity contribution < 1.29 is 27.5 Å². The van der Waals surface area contributed by atoms with Gasteiger partial charge in [0, 0.05) is 19.8 Å². The zero-order valence-electron chi connectivity index (χ0n) is 21.4. The summed E-state index contributed by atoms with van der Waals surface area (Å²) in [6.07, 6.45) is 3.28. The summed E-state index contributed by atoms with van der Waals surface area (Å²) in [7, 11) is -3.73. The predicted molar refractivity (Wildman–Crippen MR) is 134 cm³/mol. The van der Waals surface area contributed by atoms with Crippen molar-refractivity contribution in [3.63, 3.8) is 0 Å². The number of sulfone groups is 1. The molecule has 9 nitrogen and oxygen atoms in total. The van der Waals surface area contributed by atoms with Crippen LogP contribution in [0.15, 0.2) is 23.1 Å². The van der Waals surface area contributed by atoms with Crippen molar-refractivity contribution in [2.45, 2.75) is 69.9 Å². The maximum atomic E-state index is 13.4. The van der Waals surface area contributed by atoms with Gasteiger partial charge >= 0.3 is 5.97 Å². The first kappa shape index (κ1) is 26.3. The van der Waals surface area contributed by atoms with E-state index in [1.165, 1.54) is 18.2 Å². The van der Waals surface area contributed by atoms with Crippen LogP contribution in [0.5, 0.6) is 0 Å². The summed E-state index contributed by atoms with van der Waals surface area (Å²) in [6.45, 7) is 9.05. The average molecular weight is 518 g/mol. The van der Waals surface area contributed by atoms with Crippen LogP contribution in [0.4, 0.5) is 0 Å². The van der Waals surface area contributed by atoms with E-state index in [0.29, 0.717) is 56.0 Å². The fraction of sp³-hybridized carbons (Fsp3) is 0.577. The number of hydrogen-bond donors (Lipinski definition) is 1. The van der Waals surface area contributed by atoms with Crippen LogP contribution in [-0.2, 0) is 32.2 Å². The van der Waals surface area contributed by atoms with Gasteiger partial charge in [-0.15, -0.1) is 0 Å². The van der Waals surface area contributed by atoms with E-state index < -0.39 is 21.1 Å². The molecule has 2 aromatic rings. The fourth-order valence-electron chi connectivity index (χ4n) is 4.89. The van der Waals surface area contributed by atoms with Gasteiger partial charge in [-0.1, -0.05) is 13.8 Å². The van der Waals surface area contributed by atoms with E-state index in [9.17, 15) is 18.0 Å². The summed E-state index contributed by atoms with van der Waals surface area (Å²) < 4.78 is 39.3. The van der Waals surface area contributed by atoms with Gasteiger partial charge in [-0.2, -0.15) is 5.10 Å². The molecule has 1 fully saturated rings. The molecule has 0 unspecified atom stereocenters. The molecule has 1 aromatic heterocycles. The van der Waals surface area contributed by atoms with Crippen molar-refractivity contribution in [1.82, 2.24) is 15.1 Å². The molecule has 1 amide bonds. The largest absolute Gasteiger partial charge is 0.462 e. The molecule has 1 spiro atoms. The molecule has 0 saturated carbocycles. The highest BCUT2D eigenvalue weighted by molar-refractivity contribution is 7.92. The Morgan fingerprint density at radius 1 is 1.25 bits per heavy atom. The van der Waals surface area contributed by atoms with E-state index in [-0.39, 0.29) is 34.1 Å². The molecule has 2 aliphatic heterocycles. The molecule has 4 rings (SSSR count). The van der Waals surface area contributed by atoms with E-state index >= 15 is 0 Å². The van der Waals surface area contributed by atoms with Gasteiger partial charge in [0.1, 0.15) is 0 Å². The number of carbonyl (C=O) groups is 2. The minimum Gasteiger partial charge on any atom is -0.462 e. The summed E-state index contributed by atoms with van der Waals surface area (Å²) in [5.74, 6) is -0.734. The second kappa shape index (κ2) is 10.3. The number of benzene rings is 1. The fourth-order valence-corrected chi connectivity index (χ4v) is 6.09. The zero-order valence-corrected chi connectivity index (χ0v) is 22.2. The molecule has 0 aliphatic carbocycles. The van der Waals surface area contributed by atoms with Crippen LogP contribution in [0.2, 0.25) is 0 Å². The molecule has 1 saturated heterocycles. The lowest BCUT2D eigenvalue weighted by molar-refractivity contribution is 0.0154. The third-order valence-corrected chi connectivity index (χ3v) is 9.32. The monoisotopic (exact) mass is 517 g/mol. The van der Waals surface area contributed by atoms with Crippen LogP contribution < -0.4 is 5.32 Å².